The van der Waals surface area contributed by atoms with Gasteiger partial charge in [0.05, 0.1) is 5.84 Å². The summed E-state index contributed by atoms with van der Waals surface area (Å²) in [7, 11) is 2.12. The standard InChI is InChI=1S/C30H48N6/c1-5-6-7-11-17-35-18-12-16-30(23-35)20-27(21-30)29(33)36(25(3)31)24(2)22-34(4)19-15-28(32)26-13-9-8-10-14-26/h1,8-10,13-14,24,27-28,31,33H,6-7,11-12,15-23,32H2,2-4H3. The van der Waals surface area contributed by atoms with Gasteiger partial charge in [0.15, 0.2) is 0 Å². The van der Waals surface area contributed by atoms with Crippen molar-refractivity contribution in [2.75, 3.05) is 39.8 Å². The van der Waals surface area contributed by atoms with Gasteiger partial charge in [0.1, 0.15) is 5.84 Å². The molecule has 1 spiro atoms. The molecule has 2 fully saturated rings. The number of unbranched alkanes of at least 4 members (excludes halogenated alkanes) is 2. The van der Waals surface area contributed by atoms with Crippen LogP contribution in [-0.4, -0.2) is 72.2 Å². The van der Waals surface area contributed by atoms with Crippen LogP contribution in [0.4, 0.5) is 0 Å². The number of nitrogens with two attached hydrogens (primary N) is 1. The van der Waals surface area contributed by atoms with Crippen molar-refractivity contribution in [3.63, 3.8) is 0 Å². The molecule has 1 saturated carbocycles. The van der Waals surface area contributed by atoms with Gasteiger partial charge in [-0.15, -0.1) is 12.3 Å². The minimum atomic E-state index is 0.0291. The fraction of sp³-hybridized carbons (Fsp3) is 0.667. The molecule has 6 heteroatoms. The van der Waals surface area contributed by atoms with Crippen molar-refractivity contribution in [1.29, 1.82) is 10.8 Å². The van der Waals surface area contributed by atoms with E-state index >= 15 is 0 Å². The van der Waals surface area contributed by atoms with Crippen LogP contribution >= 0.6 is 0 Å². The maximum atomic E-state index is 9.01. The van der Waals surface area contributed by atoms with Crippen LogP contribution in [0.5, 0.6) is 0 Å². The minimum Gasteiger partial charge on any atom is -0.324 e. The lowest BCUT2D eigenvalue weighted by atomic mass is 9.58. The highest BCUT2D eigenvalue weighted by molar-refractivity contribution is 5.98. The maximum Gasteiger partial charge on any atom is 0.105 e. The van der Waals surface area contributed by atoms with Crippen LogP contribution in [0.3, 0.4) is 0 Å². The minimum absolute atomic E-state index is 0.0291. The highest BCUT2D eigenvalue weighted by Crippen LogP contribution is 2.52. The summed E-state index contributed by atoms with van der Waals surface area (Å²) in [6.45, 7) is 9.18. The Morgan fingerprint density at radius 3 is 2.64 bits per heavy atom. The molecule has 1 aliphatic carbocycles. The smallest absolute Gasteiger partial charge is 0.105 e. The molecule has 1 heterocycles. The quantitative estimate of drug-likeness (QED) is 0.166. The van der Waals surface area contributed by atoms with Crippen molar-refractivity contribution < 1.29 is 0 Å². The second kappa shape index (κ2) is 13.4. The van der Waals surface area contributed by atoms with Crippen LogP contribution in [0.2, 0.25) is 0 Å². The van der Waals surface area contributed by atoms with Crippen LogP contribution in [0.1, 0.15) is 76.8 Å². The molecule has 1 aromatic rings. The van der Waals surface area contributed by atoms with E-state index in [2.05, 4.69) is 41.8 Å². The number of benzene rings is 1. The van der Waals surface area contributed by atoms with E-state index in [9.17, 15) is 0 Å². The van der Waals surface area contributed by atoms with Gasteiger partial charge in [-0.05, 0) is 96.5 Å². The first kappa shape index (κ1) is 28.4. The SMILES string of the molecule is C#CCCCCN1CCCC2(CC(C(=N)N(C(C)=N)C(C)CN(C)CCC(N)c3ccccc3)C2)C1. The number of terminal acetylenes is 1. The Morgan fingerprint density at radius 2 is 1.97 bits per heavy atom. The molecule has 36 heavy (non-hydrogen) atoms. The summed E-state index contributed by atoms with van der Waals surface area (Å²) in [5.74, 6) is 4.13. The van der Waals surface area contributed by atoms with E-state index < -0.39 is 0 Å². The third-order valence-corrected chi connectivity index (χ3v) is 8.22. The summed E-state index contributed by atoms with van der Waals surface area (Å²) < 4.78 is 0. The predicted molar refractivity (Wildman–Crippen MR) is 151 cm³/mol. The second-order valence-electron chi connectivity index (χ2n) is 11.4. The fourth-order valence-corrected chi connectivity index (χ4v) is 6.37. The van der Waals surface area contributed by atoms with E-state index in [1.807, 2.05) is 30.0 Å². The Morgan fingerprint density at radius 1 is 1.25 bits per heavy atom. The van der Waals surface area contributed by atoms with Crippen LogP contribution < -0.4 is 5.73 Å². The van der Waals surface area contributed by atoms with Crippen molar-refractivity contribution in [2.24, 2.45) is 17.1 Å². The molecule has 0 bridgehead atoms. The molecule has 0 radical (unpaired) electrons. The topological polar surface area (TPSA) is 83.4 Å². The van der Waals surface area contributed by atoms with E-state index in [1.165, 1.54) is 31.4 Å². The summed E-state index contributed by atoms with van der Waals surface area (Å²) in [6.07, 6.45) is 14.2. The Bertz CT molecular complexity index is 884. The van der Waals surface area contributed by atoms with Crippen molar-refractivity contribution in [3.05, 3.63) is 35.9 Å². The third kappa shape index (κ3) is 7.65. The summed E-state index contributed by atoms with van der Waals surface area (Å²) in [5, 5.41) is 17.4. The highest BCUT2D eigenvalue weighted by atomic mass is 15.3. The van der Waals surface area contributed by atoms with Gasteiger partial charge in [-0.2, -0.15) is 0 Å². The van der Waals surface area contributed by atoms with E-state index in [0.29, 0.717) is 17.1 Å². The van der Waals surface area contributed by atoms with Crippen LogP contribution in [0.15, 0.2) is 30.3 Å². The number of likely N-dealkylation sites (tertiary alicyclic amines) is 1. The van der Waals surface area contributed by atoms with E-state index in [0.717, 1.165) is 58.3 Å². The zero-order chi connectivity index (χ0) is 26.1. The molecule has 3 rings (SSSR count). The first-order valence-corrected chi connectivity index (χ1v) is 13.8. The van der Waals surface area contributed by atoms with Crippen LogP contribution in [-0.2, 0) is 0 Å². The van der Waals surface area contributed by atoms with Crippen molar-refractivity contribution in [1.82, 2.24) is 14.7 Å². The second-order valence-corrected chi connectivity index (χ2v) is 11.4. The third-order valence-electron chi connectivity index (χ3n) is 8.22. The molecule has 2 atom stereocenters. The van der Waals surface area contributed by atoms with Gasteiger partial charge in [0, 0.05) is 37.5 Å². The number of likely N-dealkylation sites (N-methyl/N-ethyl adjacent to an activating group) is 1. The molecule has 1 saturated heterocycles. The lowest BCUT2D eigenvalue weighted by Crippen LogP contribution is -2.56. The highest BCUT2D eigenvalue weighted by Gasteiger charge is 2.49. The Labute approximate surface area is 219 Å². The Hall–Kier alpha value is -2.20. The van der Waals surface area contributed by atoms with E-state index in [1.54, 1.807) is 0 Å². The molecule has 4 N–H and O–H groups in total. The molecular weight excluding hydrogens is 444 g/mol. The molecule has 0 amide bonds. The van der Waals surface area contributed by atoms with Crippen molar-refractivity contribution in [2.45, 2.75) is 77.3 Å². The number of nitrogens with one attached hydrogen (secondary N) is 2. The summed E-state index contributed by atoms with van der Waals surface area (Å²) >= 11 is 0. The van der Waals surface area contributed by atoms with Gasteiger partial charge in [0.25, 0.3) is 0 Å². The molecule has 1 aliphatic heterocycles. The van der Waals surface area contributed by atoms with Crippen LogP contribution in [0, 0.1) is 34.5 Å². The van der Waals surface area contributed by atoms with Gasteiger partial charge < -0.3 is 20.4 Å². The number of amidine groups is 2. The molecule has 1 aromatic carbocycles. The van der Waals surface area contributed by atoms with E-state index in [-0.39, 0.29) is 18.0 Å². The Kier molecular flexibility index (Phi) is 10.5. The number of nitrogens with zero attached hydrogens (tertiary/aromatic N) is 3. The normalized spacial score (nSPS) is 23.6. The molecule has 2 unspecified atom stereocenters. The largest absolute Gasteiger partial charge is 0.324 e. The van der Waals surface area contributed by atoms with E-state index in [4.69, 9.17) is 23.0 Å². The molecule has 2 aliphatic rings. The van der Waals surface area contributed by atoms with Gasteiger partial charge in [-0.3, -0.25) is 10.8 Å². The number of hydrogen-bond acceptors (Lipinski definition) is 5. The number of piperidine rings is 1. The monoisotopic (exact) mass is 492 g/mol. The lowest BCUT2D eigenvalue weighted by molar-refractivity contribution is -0.00444. The predicted octanol–water partition coefficient (Wildman–Crippen LogP) is 4.97. The Balaban J connectivity index is 1.47. The first-order chi connectivity index (χ1) is 17.2. The number of rotatable bonds is 12. The zero-order valence-electron chi connectivity index (χ0n) is 22.8. The maximum absolute atomic E-state index is 9.01. The molecular formula is C30H48N6. The molecule has 6 nitrogen and oxygen atoms in total. The van der Waals surface area contributed by atoms with Crippen LogP contribution in [0.25, 0.3) is 0 Å². The average Bonchev–Trinajstić information content (AvgIpc) is 2.84. The zero-order valence-corrected chi connectivity index (χ0v) is 22.8. The van der Waals surface area contributed by atoms with Crippen molar-refractivity contribution >= 4 is 11.7 Å². The summed E-state index contributed by atoms with van der Waals surface area (Å²) in [5.41, 5.74) is 7.94. The van der Waals surface area contributed by atoms with Crippen molar-refractivity contribution in [3.8, 4) is 12.3 Å². The van der Waals surface area contributed by atoms with Gasteiger partial charge in [-0.25, -0.2) is 0 Å². The number of hydrogen-bond donors (Lipinski definition) is 3. The molecule has 0 aromatic heterocycles. The van der Waals surface area contributed by atoms with Gasteiger partial charge in [0.2, 0.25) is 0 Å². The van der Waals surface area contributed by atoms with Gasteiger partial charge >= 0.3 is 0 Å². The lowest BCUT2D eigenvalue weighted by Gasteiger charge is -2.54. The van der Waals surface area contributed by atoms with Gasteiger partial charge in [-0.1, -0.05) is 30.3 Å². The summed E-state index contributed by atoms with van der Waals surface area (Å²) in [4.78, 5) is 6.88. The fourth-order valence-electron chi connectivity index (χ4n) is 6.37. The molecule has 198 valence electrons. The summed E-state index contributed by atoms with van der Waals surface area (Å²) in [6, 6.07) is 10.4. The first-order valence-electron chi connectivity index (χ1n) is 13.8. The average molecular weight is 493 g/mol.